The van der Waals surface area contributed by atoms with E-state index in [2.05, 4.69) is 5.73 Å². The molecule has 2 aromatic carbocycles. The molecule has 0 bridgehead atoms. The van der Waals surface area contributed by atoms with Crippen LogP contribution in [0.2, 0.25) is 0 Å². The summed E-state index contributed by atoms with van der Waals surface area (Å²) in [5.41, 5.74) is 6.02. The highest BCUT2D eigenvalue weighted by molar-refractivity contribution is 5.65. The van der Waals surface area contributed by atoms with Gasteiger partial charge in [-0.3, -0.25) is 4.90 Å². The molecule has 6 nitrogen and oxygen atoms in total. The van der Waals surface area contributed by atoms with Crippen molar-refractivity contribution in [1.82, 2.24) is 4.90 Å². The van der Waals surface area contributed by atoms with Crippen LogP contribution in [0.5, 0.6) is 0 Å². The molecule has 0 saturated carbocycles. The van der Waals surface area contributed by atoms with Crippen LogP contribution in [0.1, 0.15) is 11.1 Å². The Balaban J connectivity index is 0.000000541. The van der Waals surface area contributed by atoms with E-state index in [9.17, 15) is 9.90 Å². The Morgan fingerprint density at radius 2 is 1.14 bits per heavy atom. The number of rotatable bonds is 4. The summed E-state index contributed by atoms with van der Waals surface area (Å²) in [4.78, 5) is 21.4. The van der Waals surface area contributed by atoms with Crippen molar-refractivity contribution < 1.29 is 19.8 Å². The fourth-order valence-corrected chi connectivity index (χ4v) is 1.80. The third kappa shape index (κ3) is 6.95. The number of hydrogen-bond acceptors (Lipinski definition) is 2. The lowest BCUT2D eigenvalue weighted by atomic mass is 10.2. The monoisotopic (exact) mass is 302 g/mol. The van der Waals surface area contributed by atoms with Gasteiger partial charge in [-0.2, -0.15) is 0 Å². The van der Waals surface area contributed by atoms with Crippen LogP contribution in [0.3, 0.4) is 0 Å². The largest absolute Gasteiger partial charge is 0.465 e. The first-order valence-corrected chi connectivity index (χ1v) is 6.53. The maximum absolute atomic E-state index is 11.2. The predicted octanol–water partition coefficient (Wildman–Crippen LogP) is 2.99. The van der Waals surface area contributed by atoms with Gasteiger partial charge in [0.25, 0.3) is 0 Å². The van der Waals surface area contributed by atoms with E-state index in [1.807, 2.05) is 60.7 Å². The van der Waals surface area contributed by atoms with E-state index in [1.165, 1.54) is 4.90 Å². The molecule has 22 heavy (non-hydrogen) atoms. The molecule has 0 unspecified atom stereocenters. The van der Waals surface area contributed by atoms with Gasteiger partial charge in [0.1, 0.15) is 0 Å². The van der Waals surface area contributed by atoms with Crippen LogP contribution < -0.4 is 5.73 Å². The van der Waals surface area contributed by atoms with Gasteiger partial charge in [0, 0.05) is 13.1 Å². The number of primary amides is 1. The lowest BCUT2D eigenvalue weighted by Crippen LogP contribution is -2.28. The van der Waals surface area contributed by atoms with Crippen molar-refractivity contribution in [3.63, 3.8) is 0 Å². The van der Waals surface area contributed by atoms with Gasteiger partial charge in [-0.1, -0.05) is 60.7 Å². The van der Waals surface area contributed by atoms with Crippen LogP contribution in [0, 0.1) is 0 Å². The lowest BCUT2D eigenvalue weighted by molar-refractivity contribution is 0.139. The first-order valence-electron chi connectivity index (χ1n) is 6.53. The van der Waals surface area contributed by atoms with E-state index >= 15 is 0 Å². The third-order valence-corrected chi connectivity index (χ3v) is 2.70. The van der Waals surface area contributed by atoms with Crippen molar-refractivity contribution in [3.05, 3.63) is 71.8 Å². The van der Waals surface area contributed by atoms with Crippen molar-refractivity contribution >= 4 is 12.2 Å². The van der Waals surface area contributed by atoms with Gasteiger partial charge in [-0.05, 0) is 11.1 Å². The molecule has 0 heterocycles. The Hall–Kier alpha value is -3.02. The third-order valence-electron chi connectivity index (χ3n) is 2.70. The summed E-state index contributed by atoms with van der Waals surface area (Å²) in [6, 6.07) is 19.2. The highest BCUT2D eigenvalue weighted by Crippen LogP contribution is 2.10. The normalized spacial score (nSPS) is 9.27. The second-order valence-corrected chi connectivity index (χ2v) is 4.45. The zero-order valence-corrected chi connectivity index (χ0v) is 11.9. The zero-order chi connectivity index (χ0) is 16.4. The van der Waals surface area contributed by atoms with Crippen LogP contribution in [0.4, 0.5) is 9.59 Å². The predicted molar refractivity (Wildman–Crippen MR) is 82.4 cm³/mol. The number of carboxylic acid groups (broad SMARTS) is 2. The molecule has 2 rings (SSSR count). The first kappa shape index (κ1) is 17.0. The average Bonchev–Trinajstić information content (AvgIpc) is 2.48. The molecule has 0 aliphatic heterocycles. The van der Waals surface area contributed by atoms with Crippen LogP contribution in [0.25, 0.3) is 0 Å². The minimum absolute atomic E-state index is 0.408. The Bertz CT molecular complexity index is 542. The van der Waals surface area contributed by atoms with Gasteiger partial charge in [-0.15, -0.1) is 0 Å². The van der Waals surface area contributed by atoms with E-state index in [-0.39, 0.29) is 0 Å². The second-order valence-electron chi connectivity index (χ2n) is 4.45. The van der Waals surface area contributed by atoms with E-state index in [1.54, 1.807) is 0 Å². The van der Waals surface area contributed by atoms with E-state index in [0.717, 1.165) is 11.1 Å². The maximum Gasteiger partial charge on any atom is 0.407 e. The van der Waals surface area contributed by atoms with Gasteiger partial charge in [-0.25, -0.2) is 9.59 Å². The Kier molecular flexibility index (Phi) is 6.98. The molecule has 0 radical (unpaired) electrons. The molecule has 0 aliphatic carbocycles. The summed E-state index contributed by atoms with van der Waals surface area (Å²) in [6.45, 7) is 0.816. The van der Waals surface area contributed by atoms with E-state index < -0.39 is 12.2 Å². The van der Waals surface area contributed by atoms with E-state index in [0.29, 0.717) is 13.1 Å². The molecule has 116 valence electrons. The van der Waals surface area contributed by atoms with Gasteiger partial charge in [0.15, 0.2) is 0 Å². The number of nitrogens with zero attached hydrogens (tertiary/aromatic N) is 1. The van der Waals surface area contributed by atoms with Gasteiger partial charge in [0.05, 0.1) is 0 Å². The summed E-state index contributed by atoms with van der Waals surface area (Å²) in [7, 11) is 0. The summed E-state index contributed by atoms with van der Waals surface area (Å²) in [6.07, 6.45) is -2.23. The molecule has 2 aromatic rings. The van der Waals surface area contributed by atoms with Crippen molar-refractivity contribution in [2.75, 3.05) is 0 Å². The van der Waals surface area contributed by atoms with Crippen molar-refractivity contribution in [2.24, 2.45) is 5.73 Å². The minimum atomic E-state index is -1.33. The fraction of sp³-hybridized carbons (Fsp3) is 0.125. The van der Waals surface area contributed by atoms with Gasteiger partial charge >= 0.3 is 12.2 Å². The lowest BCUT2D eigenvalue weighted by Gasteiger charge is -2.19. The van der Waals surface area contributed by atoms with Crippen molar-refractivity contribution in [3.8, 4) is 0 Å². The topological polar surface area (TPSA) is 104 Å². The fourth-order valence-electron chi connectivity index (χ4n) is 1.80. The molecule has 0 aliphatic rings. The van der Waals surface area contributed by atoms with Crippen LogP contribution in [-0.4, -0.2) is 27.3 Å². The molecular weight excluding hydrogens is 284 g/mol. The molecule has 0 atom stereocenters. The second kappa shape index (κ2) is 9.02. The molecule has 4 N–H and O–H groups in total. The number of benzene rings is 2. The van der Waals surface area contributed by atoms with E-state index in [4.69, 9.17) is 9.90 Å². The summed E-state index contributed by atoms with van der Waals surface area (Å²) < 4.78 is 0. The van der Waals surface area contributed by atoms with Crippen LogP contribution in [0.15, 0.2) is 60.7 Å². The summed E-state index contributed by atoms with van der Waals surface area (Å²) >= 11 is 0. The van der Waals surface area contributed by atoms with Crippen LogP contribution in [-0.2, 0) is 13.1 Å². The zero-order valence-electron chi connectivity index (χ0n) is 11.9. The quantitative estimate of drug-likeness (QED) is 0.807. The van der Waals surface area contributed by atoms with Crippen molar-refractivity contribution in [1.29, 1.82) is 0 Å². The maximum atomic E-state index is 11.2. The highest BCUT2D eigenvalue weighted by Gasteiger charge is 2.12. The Morgan fingerprint density at radius 3 is 1.41 bits per heavy atom. The minimum Gasteiger partial charge on any atom is -0.465 e. The molecule has 0 saturated heterocycles. The average molecular weight is 302 g/mol. The van der Waals surface area contributed by atoms with Crippen molar-refractivity contribution in [2.45, 2.75) is 13.1 Å². The highest BCUT2D eigenvalue weighted by atomic mass is 16.4. The molecule has 0 aromatic heterocycles. The number of carbonyl (C=O) groups is 2. The first-order chi connectivity index (χ1) is 10.5. The Labute approximate surface area is 128 Å². The smallest absolute Gasteiger partial charge is 0.407 e. The SMILES string of the molecule is NC(=O)O.O=C(O)N(Cc1ccccc1)Cc1ccccc1. The summed E-state index contributed by atoms with van der Waals surface area (Å²) in [5, 5.41) is 16.4. The van der Waals surface area contributed by atoms with Gasteiger partial charge < -0.3 is 15.9 Å². The standard InChI is InChI=1S/C15H15NO2.CH3NO2/c17-15(18)16(11-13-7-3-1-4-8-13)12-14-9-5-2-6-10-14;2-1(3)4/h1-10H,11-12H2,(H,17,18);2H2,(H,3,4). The number of amides is 2. The number of hydrogen-bond donors (Lipinski definition) is 3. The molecule has 0 spiro atoms. The van der Waals surface area contributed by atoms with Crippen LogP contribution >= 0.6 is 0 Å². The Morgan fingerprint density at radius 1 is 0.818 bits per heavy atom. The molecule has 0 fully saturated rings. The van der Waals surface area contributed by atoms with Gasteiger partial charge in [0.2, 0.25) is 0 Å². The number of nitrogens with two attached hydrogens (primary N) is 1. The molecule has 2 amide bonds. The summed E-state index contributed by atoms with van der Waals surface area (Å²) in [5.74, 6) is 0. The molecule has 6 heteroatoms. The molecular formula is C16H18N2O4.